The van der Waals surface area contributed by atoms with Crippen LogP contribution in [0.1, 0.15) is 35.2 Å². The van der Waals surface area contributed by atoms with Crippen LogP contribution in [0.15, 0.2) is 36.4 Å². The fraction of sp³-hybridized carbons (Fsp3) is 0.333. The van der Waals surface area contributed by atoms with Gasteiger partial charge in [-0.15, -0.1) is 0 Å². The van der Waals surface area contributed by atoms with Crippen LogP contribution >= 0.6 is 11.6 Å². The molecular weight excluding hydrogens is 396 g/mol. The maximum atomic E-state index is 12.4. The summed E-state index contributed by atoms with van der Waals surface area (Å²) in [6.45, 7) is 1.10. The molecule has 3 rings (SSSR count). The Hall–Kier alpha value is -2.93. The molecule has 2 aromatic rings. The van der Waals surface area contributed by atoms with Gasteiger partial charge >= 0.3 is 0 Å². The number of likely N-dealkylation sites (tertiary alicyclic amines) is 1. The minimum Gasteiger partial charge on any atom is -0.504 e. The molecule has 0 aliphatic carbocycles. The number of carbonyl (C=O) groups excluding carboxylic acids is 2. The maximum Gasteiger partial charge on any atom is 0.251 e. The summed E-state index contributed by atoms with van der Waals surface area (Å²) >= 11 is 5.87. The van der Waals surface area contributed by atoms with Gasteiger partial charge in [0, 0.05) is 36.1 Å². The molecule has 2 amide bonds. The Bertz CT molecular complexity index is 869. The van der Waals surface area contributed by atoms with Crippen molar-refractivity contribution in [2.45, 2.75) is 31.7 Å². The Morgan fingerprint density at radius 3 is 2.21 bits per heavy atom. The van der Waals surface area contributed by atoms with Gasteiger partial charge in [0.05, 0.1) is 0 Å². The topological polar surface area (TPSA) is 110 Å². The summed E-state index contributed by atoms with van der Waals surface area (Å²) in [5.74, 6) is -2.15. The molecule has 0 saturated carbocycles. The normalized spacial score (nSPS) is 14.6. The monoisotopic (exact) mass is 418 g/mol. The molecule has 1 fully saturated rings. The molecule has 0 unspecified atom stereocenters. The molecule has 154 valence electrons. The largest absolute Gasteiger partial charge is 0.504 e. The summed E-state index contributed by atoms with van der Waals surface area (Å²) in [6.07, 6.45) is 2.31. The average molecular weight is 419 g/mol. The van der Waals surface area contributed by atoms with Gasteiger partial charge in [0.2, 0.25) is 5.91 Å². The second-order valence-electron chi connectivity index (χ2n) is 7.12. The molecule has 1 aliphatic rings. The highest BCUT2D eigenvalue weighted by molar-refractivity contribution is 6.30. The number of aromatic hydroxyl groups is 3. The van der Waals surface area contributed by atoms with Gasteiger partial charge in [0.15, 0.2) is 17.2 Å². The molecule has 8 heteroatoms. The number of nitrogens with zero attached hydrogens (tertiary/aromatic N) is 1. The number of aryl methyl sites for hydroxylation is 1. The molecule has 0 bridgehead atoms. The third kappa shape index (κ3) is 5.32. The van der Waals surface area contributed by atoms with Crippen LogP contribution in [0.25, 0.3) is 0 Å². The lowest BCUT2D eigenvalue weighted by molar-refractivity contribution is -0.132. The molecule has 0 spiro atoms. The van der Waals surface area contributed by atoms with E-state index in [4.69, 9.17) is 11.6 Å². The first-order valence-electron chi connectivity index (χ1n) is 9.41. The van der Waals surface area contributed by atoms with Gasteiger partial charge < -0.3 is 25.5 Å². The van der Waals surface area contributed by atoms with Gasteiger partial charge in [0.25, 0.3) is 5.91 Å². The van der Waals surface area contributed by atoms with Crippen molar-refractivity contribution in [2.24, 2.45) is 0 Å². The predicted octanol–water partition coefficient (Wildman–Crippen LogP) is 2.81. The molecule has 1 heterocycles. The van der Waals surface area contributed by atoms with Crippen molar-refractivity contribution in [2.75, 3.05) is 13.1 Å². The van der Waals surface area contributed by atoms with Crippen molar-refractivity contribution in [3.05, 3.63) is 52.5 Å². The first-order valence-corrected chi connectivity index (χ1v) is 9.79. The molecule has 4 N–H and O–H groups in total. The van der Waals surface area contributed by atoms with Crippen LogP contribution in [0.5, 0.6) is 17.2 Å². The molecule has 0 radical (unpaired) electrons. The molecular formula is C21H23ClN2O5. The van der Waals surface area contributed by atoms with Crippen molar-refractivity contribution < 1.29 is 24.9 Å². The highest BCUT2D eigenvalue weighted by Gasteiger charge is 2.24. The average Bonchev–Trinajstić information content (AvgIpc) is 2.71. The number of halogens is 1. The van der Waals surface area contributed by atoms with Crippen LogP contribution in [-0.2, 0) is 11.2 Å². The van der Waals surface area contributed by atoms with Gasteiger partial charge in [-0.1, -0.05) is 23.7 Å². The second kappa shape index (κ2) is 9.05. The van der Waals surface area contributed by atoms with Gasteiger partial charge in [-0.05, 0) is 49.1 Å². The Morgan fingerprint density at radius 2 is 1.62 bits per heavy atom. The van der Waals surface area contributed by atoms with Crippen molar-refractivity contribution in [1.29, 1.82) is 0 Å². The van der Waals surface area contributed by atoms with E-state index in [1.807, 2.05) is 24.3 Å². The van der Waals surface area contributed by atoms with E-state index in [-0.39, 0.29) is 17.5 Å². The number of phenols is 3. The van der Waals surface area contributed by atoms with E-state index in [1.54, 1.807) is 4.90 Å². The van der Waals surface area contributed by atoms with Crippen molar-refractivity contribution in [3.8, 4) is 17.2 Å². The zero-order valence-electron chi connectivity index (χ0n) is 15.8. The second-order valence-corrected chi connectivity index (χ2v) is 7.55. The highest BCUT2D eigenvalue weighted by atomic mass is 35.5. The zero-order valence-corrected chi connectivity index (χ0v) is 16.5. The van der Waals surface area contributed by atoms with E-state index < -0.39 is 23.2 Å². The van der Waals surface area contributed by atoms with Crippen molar-refractivity contribution in [1.82, 2.24) is 10.2 Å². The lowest BCUT2D eigenvalue weighted by atomic mass is 10.0. The van der Waals surface area contributed by atoms with E-state index in [2.05, 4.69) is 5.32 Å². The van der Waals surface area contributed by atoms with E-state index in [9.17, 15) is 24.9 Å². The molecule has 29 heavy (non-hydrogen) atoms. The molecule has 7 nitrogen and oxygen atoms in total. The minimum atomic E-state index is -0.660. The number of nitrogens with one attached hydrogen (secondary N) is 1. The molecule has 1 saturated heterocycles. The van der Waals surface area contributed by atoms with Gasteiger partial charge in [-0.3, -0.25) is 9.59 Å². The molecule has 1 aliphatic heterocycles. The van der Waals surface area contributed by atoms with Gasteiger partial charge in [-0.2, -0.15) is 0 Å². The summed E-state index contributed by atoms with van der Waals surface area (Å²) < 4.78 is 0. The SMILES string of the molecule is O=C(NC1CCN(C(=O)CCc2ccc(Cl)cc2)CC1)c1cc(O)c(O)c(O)c1. The van der Waals surface area contributed by atoms with E-state index in [1.165, 1.54) is 0 Å². The Labute approximate surface area is 173 Å². The quantitative estimate of drug-likeness (QED) is 0.558. The smallest absolute Gasteiger partial charge is 0.251 e. The lowest BCUT2D eigenvalue weighted by Gasteiger charge is -2.32. The fourth-order valence-electron chi connectivity index (χ4n) is 3.34. The minimum absolute atomic E-state index is 0.0549. The van der Waals surface area contributed by atoms with Crippen LogP contribution in [0.3, 0.4) is 0 Å². The summed E-state index contributed by atoms with van der Waals surface area (Å²) in [5.41, 5.74) is 1.12. The van der Waals surface area contributed by atoms with Crippen LogP contribution in [0.2, 0.25) is 5.02 Å². The highest BCUT2D eigenvalue weighted by Crippen LogP contribution is 2.35. The molecule has 0 aromatic heterocycles. The summed E-state index contributed by atoms with van der Waals surface area (Å²) in [4.78, 5) is 26.6. The van der Waals surface area contributed by atoms with Crippen LogP contribution in [-0.4, -0.2) is 51.2 Å². The Balaban J connectivity index is 1.46. The third-order valence-electron chi connectivity index (χ3n) is 5.06. The van der Waals surface area contributed by atoms with Crippen molar-refractivity contribution in [3.63, 3.8) is 0 Å². The first kappa shape index (κ1) is 20.8. The number of amides is 2. The van der Waals surface area contributed by atoms with E-state index in [0.717, 1.165) is 17.7 Å². The van der Waals surface area contributed by atoms with E-state index in [0.29, 0.717) is 43.8 Å². The number of benzene rings is 2. The third-order valence-corrected chi connectivity index (χ3v) is 5.31. The molecule has 0 atom stereocenters. The lowest BCUT2D eigenvalue weighted by Crippen LogP contribution is -2.46. The predicted molar refractivity (Wildman–Crippen MR) is 108 cm³/mol. The summed E-state index contributed by atoms with van der Waals surface area (Å²) in [6, 6.07) is 9.53. The summed E-state index contributed by atoms with van der Waals surface area (Å²) in [7, 11) is 0. The number of hydrogen-bond donors (Lipinski definition) is 4. The number of piperidine rings is 1. The number of hydrogen-bond acceptors (Lipinski definition) is 5. The summed E-state index contributed by atoms with van der Waals surface area (Å²) in [5, 5.41) is 31.9. The number of rotatable bonds is 5. The van der Waals surface area contributed by atoms with Crippen LogP contribution in [0.4, 0.5) is 0 Å². The van der Waals surface area contributed by atoms with E-state index >= 15 is 0 Å². The first-order chi connectivity index (χ1) is 13.8. The molecule has 2 aromatic carbocycles. The van der Waals surface area contributed by atoms with Gasteiger partial charge in [0.1, 0.15) is 0 Å². The zero-order chi connectivity index (χ0) is 21.0. The fourth-order valence-corrected chi connectivity index (χ4v) is 3.46. The maximum absolute atomic E-state index is 12.4. The van der Waals surface area contributed by atoms with Gasteiger partial charge in [-0.25, -0.2) is 0 Å². The Kier molecular flexibility index (Phi) is 6.49. The standard InChI is InChI=1S/C21H23ClN2O5/c22-15-4-1-13(2-5-15)3-6-19(27)24-9-7-16(8-10-24)23-21(29)14-11-17(25)20(28)18(26)12-14/h1-2,4-5,11-12,16,25-26,28H,3,6-10H2,(H,23,29). The Morgan fingerprint density at radius 1 is 1.03 bits per heavy atom. The number of carbonyl (C=O) groups is 2. The van der Waals surface area contributed by atoms with Crippen molar-refractivity contribution >= 4 is 23.4 Å². The number of phenolic OH excluding ortho intramolecular Hbond substituents is 3. The van der Waals surface area contributed by atoms with Crippen LogP contribution in [0, 0.1) is 0 Å². The van der Waals surface area contributed by atoms with Crippen LogP contribution < -0.4 is 5.32 Å².